The Hall–Kier alpha value is -2.51. The van der Waals surface area contributed by atoms with Crippen molar-refractivity contribution >= 4 is 44.7 Å². The standard InChI is InChI=1S/C12H15ClN4O8S/c1-26(23,24)25-5-4-15(3-2-13)10-6-8(12(14)18)9(16(19)20)7-11(10)17(21)22/h6-7H,2-5H2,1H3,(H2,14,18). The molecule has 1 rings (SSSR count). The maximum Gasteiger partial charge on any atom is 0.299 e. The number of halogens is 1. The second-order valence-electron chi connectivity index (χ2n) is 4.94. The number of rotatable bonds is 10. The Kier molecular flexibility index (Phi) is 7.23. The number of anilines is 1. The van der Waals surface area contributed by atoms with E-state index >= 15 is 0 Å². The van der Waals surface area contributed by atoms with Gasteiger partial charge in [-0.15, -0.1) is 11.6 Å². The van der Waals surface area contributed by atoms with Crippen molar-refractivity contribution in [2.75, 3.05) is 36.7 Å². The molecular weight excluding hydrogens is 396 g/mol. The van der Waals surface area contributed by atoms with Crippen LogP contribution in [0, 0.1) is 20.2 Å². The monoisotopic (exact) mass is 410 g/mol. The molecule has 26 heavy (non-hydrogen) atoms. The molecule has 0 spiro atoms. The van der Waals surface area contributed by atoms with E-state index in [4.69, 9.17) is 17.3 Å². The van der Waals surface area contributed by atoms with Gasteiger partial charge < -0.3 is 10.6 Å². The molecule has 14 heteroatoms. The van der Waals surface area contributed by atoms with Crippen molar-refractivity contribution in [3.63, 3.8) is 0 Å². The van der Waals surface area contributed by atoms with Crippen LogP contribution >= 0.6 is 11.6 Å². The molecule has 1 aromatic carbocycles. The molecule has 0 heterocycles. The second kappa shape index (κ2) is 8.73. The molecule has 0 radical (unpaired) electrons. The van der Waals surface area contributed by atoms with E-state index in [9.17, 15) is 33.4 Å². The van der Waals surface area contributed by atoms with Crippen molar-refractivity contribution in [1.29, 1.82) is 0 Å². The number of primary amides is 1. The Morgan fingerprint density at radius 1 is 1.23 bits per heavy atom. The third-order valence-electron chi connectivity index (χ3n) is 3.11. The smallest absolute Gasteiger partial charge is 0.299 e. The lowest BCUT2D eigenvalue weighted by atomic mass is 10.1. The van der Waals surface area contributed by atoms with Crippen LogP contribution in [0.3, 0.4) is 0 Å². The SMILES string of the molecule is CS(=O)(=O)OCCN(CCCl)c1cc(C(N)=O)c([N+](=O)[O-])cc1[N+](=O)[O-]. The quantitative estimate of drug-likeness (QED) is 0.250. The second-order valence-corrected chi connectivity index (χ2v) is 6.96. The summed E-state index contributed by atoms with van der Waals surface area (Å²) in [6, 6.07) is 1.53. The molecule has 0 saturated heterocycles. The van der Waals surface area contributed by atoms with Gasteiger partial charge in [0, 0.05) is 19.0 Å². The topological polar surface area (TPSA) is 176 Å². The van der Waals surface area contributed by atoms with E-state index in [2.05, 4.69) is 4.18 Å². The number of benzene rings is 1. The zero-order valence-corrected chi connectivity index (χ0v) is 15.0. The molecule has 0 unspecified atom stereocenters. The van der Waals surface area contributed by atoms with Gasteiger partial charge in [0.15, 0.2) is 0 Å². The maximum atomic E-state index is 11.5. The Balaban J connectivity index is 3.43. The summed E-state index contributed by atoms with van der Waals surface area (Å²) in [5.41, 5.74) is 2.94. The Bertz CT molecular complexity index is 829. The minimum atomic E-state index is -3.74. The van der Waals surface area contributed by atoms with E-state index in [1.54, 1.807) is 0 Å². The Labute approximate surface area is 152 Å². The van der Waals surface area contributed by atoms with E-state index in [0.717, 1.165) is 12.3 Å². The van der Waals surface area contributed by atoms with E-state index < -0.39 is 42.8 Å². The lowest BCUT2D eigenvalue weighted by Gasteiger charge is -2.23. The van der Waals surface area contributed by atoms with E-state index in [1.807, 2.05) is 0 Å². The van der Waals surface area contributed by atoms with Gasteiger partial charge >= 0.3 is 0 Å². The summed E-state index contributed by atoms with van der Waals surface area (Å²) in [6.45, 7) is -0.474. The van der Waals surface area contributed by atoms with Crippen LogP contribution in [0.15, 0.2) is 12.1 Å². The van der Waals surface area contributed by atoms with Gasteiger partial charge in [0.1, 0.15) is 11.3 Å². The highest BCUT2D eigenvalue weighted by Gasteiger charge is 2.29. The first-order chi connectivity index (χ1) is 12.0. The van der Waals surface area contributed by atoms with Gasteiger partial charge in [0.25, 0.3) is 27.4 Å². The zero-order valence-electron chi connectivity index (χ0n) is 13.5. The van der Waals surface area contributed by atoms with Gasteiger partial charge in [0.05, 0.1) is 28.8 Å². The molecule has 0 atom stereocenters. The van der Waals surface area contributed by atoms with Crippen molar-refractivity contribution < 1.29 is 27.2 Å². The number of nitro benzene ring substituents is 2. The number of alkyl halides is 1. The number of carbonyl (C=O) groups excluding carboxylic acids is 1. The largest absolute Gasteiger partial charge is 0.365 e. The summed E-state index contributed by atoms with van der Waals surface area (Å²) in [7, 11) is -3.74. The lowest BCUT2D eigenvalue weighted by Crippen LogP contribution is -2.31. The summed E-state index contributed by atoms with van der Waals surface area (Å²) < 4.78 is 26.7. The molecule has 0 aromatic heterocycles. The molecule has 0 saturated carbocycles. The first kappa shape index (κ1) is 21.5. The van der Waals surface area contributed by atoms with Crippen LogP contribution in [0.2, 0.25) is 0 Å². The van der Waals surface area contributed by atoms with Gasteiger partial charge in [0.2, 0.25) is 0 Å². The predicted octanol–water partition coefficient (Wildman–Crippen LogP) is 0.623. The molecule has 0 aliphatic rings. The zero-order chi connectivity index (χ0) is 20.1. The third-order valence-corrected chi connectivity index (χ3v) is 3.87. The average molecular weight is 411 g/mol. The van der Waals surface area contributed by atoms with Crippen LogP contribution in [-0.4, -0.2) is 56.0 Å². The number of amides is 1. The third kappa shape index (κ3) is 5.79. The van der Waals surface area contributed by atoms with Gasteiger partial charge in [-0.25, -0.2) is 0 Å². The minimum Gasteiger partial charge on any atom is -0.365 e. The van der Waals surface area contributed by atoms with Gasteiger partial charge in [-0.05, 0) is 6.07 Å². The van der Waals surface area contributed by atoms with Crippen molar-refractivity contribution in [3.05, 3.63) is 37.9 Å². The number of hydrogen-bond donors (Lipinski definition) is 1. The van der Waals surface area contributed by atoms with Crippen molar-refractivity contribution in [2.45, 2.75) is 0 Å². The van der Waals surface area contributed by atoms with Crippen LogP contribution in [0.4, 0.5) is 17.1 Å². The fraction of sp³-hybridized carbons (Fsp3) is 0.417. The molecular formula is C12H15ClN4O8S. The van der Waals surface area contributed by atoms with Crippen LogP contribution < -0.4 is 10.6 Å². The molecule has 12 nitrogen and oxygen atoms in total. The molecule has 0 bridgehead atoms. The number of nitrogens with zero attached hydrogens (tertiary/aromatic N) is 3. The van der Waals surface area contributed by atoms with Crippen LogP contribution in [0.5, 0.6) is 0 Å². The molecule has 1 aromatic rings. The average Bonchev–Trinajstić information content (AvgIpc) is 2.51. The van der Waals surface area contributed by atoms with Gasteiger partial charge in [-0.2, -0.15) is 8.42 Å². The van der Waals surface area contributed by atoms with Crippen LogP contribution in [0.1, 0.15) is 10.4 Å². The Morgan fingerprint density at radius 2 is 1.81 bits per heavy atom. The predicted molar refractivity (Wildman–Crippen MR) is 92.0 cm³/mol. The van der Waals surface area contributed by atoms with E-state index in [0.29, 0.717) is 6.07 Å². The minimum absolute atomic E-state index is 0.00107. The molecule has 0 fully saturated rings. The highest BCUT2D eigenvalue weighted by Crippen LogP contribution is 2.35. The summed E-state index contributed by atoms with van der Waals surface area (Å²) in [6.07, 6.45) is 0.832. The summed E-state index contributed by atoms with van der Waals surface area (Å²) in [5.74, 6) is -1.15. The fourth-order valence-corrected chi connectivity index (χ4v) is 2.65. The fourth-order valence-electron chi connectivity index (χ4n) is 2.07. The van der Waals surface area contributed by atoms with Crippen molar-refractivity contribution in [1.82, 2.24) is 0 Å². The molecule has 144 valence electrons. The summed E-state index contributed by atoms with van der Waals surface area (Å²) in [4.78, 5) is 33.3. The lowest BCUT2D eigenvalue weighted by molar-refractivity contribution is -0.393. The highest BCUT2D eigenvalue weighted by molar-refractivity contribution is 7.85. The van der Waals surface area contributed by atoms with E-state index in [1.165, 1.54) is 4.90 Å². The highest BCUT2D eigenvalue weighted by atomic mass is 35.5. The van der Waals surface area contributed by atoms with Crippen molar-refractivity contribution in [3.8, 4) is 0 Å². The first-order valence-electron chi connectivity index (χ1n) is 6.90. The van der Waals surface area contributed by atoms with Crippen LogP contribution in [-0.2, 0) is 14.3 Å². The molecule has 0 aliphatic heterocycles. The van der Waals surface area contributed by atoms with Crippen LogP contribution in [0.25, 0.3) is 0 Å². The molecule has 2 N–H and O–H groups in total. The summed E-state index contributed by atoms with van der Waals surface area (Å²) >= 11 is 5.66. The summed E-state index contributed by atoms with van der Waals surface area (Å²) in [5, 5.41) is 22.3. The number of hydrogen-bond acceptors (Lipinski definition) is 9. The molecule has 1 amide bonds. The van der Waals surface area contributed by atoms with Crippen molar-refractivity contribution in [2.24, 2.45) is 5.73 Å². The molecule has 0 aliphatic carbocycles. The maximum absolute atomic E-state index is 11.5. The van der Waals surface area contributed by atoms with E-state index in [-0.39, 0.29) is 31.3 Å². The van der Waals surface area contributed by atoms with Gasteiger partial charge in [-0.3, -0.25) is 29.2 Å². The van der Waals surface area contributed by atoms with Gasteiger partial charge in [-0.1, -0.05) is 0 Å². The number of nitro groups is 2. The number of nitrogens with two attached hydrogens (primary N) is 1. The number of carbonyl (C=O) groups is 1. The first-order valence-corrected chi connectivity index (χ1v) is 9.25. The Morgan fingerprint density at radius 3 is 2.23 bits per heavy atom. The normalized spacial score (nSPS) is 11.2.